The first-order chi connectivity index (χ1) is 17.4. The molecule has 5 rings (SSSR count). The molecule has 0 fully saturated rings. The van der Waals surface area contributed by atoms with Gasteiger partial charge in [-0.3, -0.25) is 9.59 Å². The summed E-state index contributed by atoms with van der Waals surface area (Å²) >= 11 is 6.20. The van der Waals surface area contributed by atoms with E-state index in [1.54, 1.807) is 29.0 Å². The van der Waals surface area contributed by atoms with E-state index in [-0.39, 0.29) is 35.9 Å². The molecule has 1 amide bonds. The summed E-state index contributed by atoms with van der Waals surface area (Å²) in [4.78, 5) is 35.1. The van der Waals surface area contributed by atoms with Gasteiger partial charge in [0.1, 0.15) is 17.8 Å². The Bertz CT molecular complexity index is 1660. The molecule has 0 atom stereocenters. The second kappa shape index (κ2) is 9.75. The van der Waals surface area contributed by atoms with E-state index in [4.69, 9.17) is 16.1 Å². The first-order valence-electron chi connectivity index (χ1n) is 11.3. The lowest BCUT2D eigenvalue weighted by atomic mass is 10.1. The van der Waals surface area contributed by atoms with E-state index in [0.717, 1.165) is 22.4 Å². The van der Waals surface area contributed by atoms with Crippen LogP contribution in [0.3, 0.4) is 0 Å². The van der Waals surface area contributed by atoms with Crippen LogP contribution in [0.15, 0.2) is 76.2 Å². The number of aryl methyl sites for hydroxylation is 2. The van der Waals surface area contributed by atoms with Crippen molar-refractivity contribution in [3.05, 3.63) is 98.9 Å². The summed E-state index contributed by atoms with van der Waals surface area (Å²) in [5, 5.41) is 7.86. The van der Waals surface area contributed by atoms with Crippen LogP contribution in [0.25, 0.3) is 33.9 Å². The Hall–Kier alpha value is -4.30. The Balaban J connectivity index is 1.50. The second-order valence-electron chi connectivity index (χ2n) is 8.48. The van der Waals surface area contributed by atoms with Gasteiger partial charge < -0.3 is 14.4 Å². The van der Waals surface area contributed by atoms with E-state index in [1.807, 2.05) is 56.3 Å². The fourth-order valence-corrected chi connectivity index (χ4v) is 4.12. The van der Waals surface area contributed by atoms with Crippen LogP contribution in [-0.2, 0) is 17.9 Å². The van der Waals surface area contributed by atoms with Crippen LogP contribution in [0.5, 0.6) is 0 Å². The van der Waals surface area contributed by atoms with E-state index in [0.29, 0.717) is 21.9 Å². The van der Waals surface area contributed by atoms with Crippen LogP contribution in [0.1, 0.15) is 16.8 Å². The quantitative estimate of drug-likeness (QED) is 0.363. The van der Waals surface area contributed by atoms with Gasteiger partial charge in [0.05, 0.1) is 5.39 Å². The largest absolute Gasteiger partial charge is 0.350 e. The number of benzene rings is 2. The van der Waals surface area contributed by atoms with Crippen molar-refractivity contribution in [2.45, 2.75) is 26.9 Å². The topological polar surface area (TPSA) is 103 Å². The van der Waals surface area contributed by atoms with Gasteiger partial charge in [-0.05, 0) is 43.7 Å². The number of rotatable bonds is 6. The molecule has 180 valence electrons. The highest BCUT2D eigenvalue weighted by molar-refractivity contribution is 6.31. The number of fused-ring (bicyclic) bond motifs is 1. The van der Waals surface area contributed by atoms with Gasteiger partial charge in [-0.1, -0.05) is 58.7 Å². The average molecular weight is 500 g/mol. The van der Waals surface area contributed by atoms with Gasteiger partial charge in [-0.2, -0.15) is 4.98 Å². The molecule has 0 aliphatic carbocycles. The van der Waals surface area contributed by atoms with E-state index in [9.17, 15) is 9.59 Å². The van der Waals surface area contributed by atoms with Crippen molar-refractivity contribution in [3.8, 4) is 22.8 Å². The summed E-state index contributed by atoms with van der Waals surface area (Å²) in [5.41, 5.74) is 3.65. The maximum Gasteiger partial charge on any atom is 0.263 e. The molecule has 2 aromatic carbocycles. The number of hydrogen-bond donors (Lipinski definition) is 1. The van der Waals surface area contributed by atoms with Crippen LogP contribution in [0.4, 0.5) is 0 Å². The van der Waals surface area contributed by atoms with Crippen molar-refractivity contribution in [1.82, 2.24) is 25.0 Å². The molecule has 0 unspecified atom stereocenters. The SMILES string of the molecule is Cc1cccc(-c2noc(-c3cn(CC(=O)NCc4ccccc4Cl)c4nc(C)ccc4c3=O)n2)c1. The van der Waals surface area contributed by atoms with Crippen molar-refractivity contribution in [2.24, 2.45) is 0 Å². The molecule has 0 aliphatic heterocycles. The van der Waals surface area contributed by atoms with Gasteiger partial charge in [-0.25, -0.2) is 4.98 Å². The summed E-state index contributed by atoms with van der Waals surface area (Å²) in [7, 11) is 0. The molecule has 36 heavy (non-hydrogen) atoms. The highest BCUT2D eigenvalue weighted by Crippen LogP contribution is 2.23. The van der Waals surface area contributed by atoms with E-state index in [2.05, 4.69) is 20.4 Å². The number of amides is 1. The minimum atomic E-state index is -0.301. The molecule has 0 spiro atoms. The zero-order valence-corrected chi connectivity index (χ0v) is 20.4. The highest BCUT2D eigenvalue weighted by Gasteiger charge is 2.19. The predicted octanol–water partition coefficient (Wildman–Crippen LogP) is 4.70. The minimum absolute atomic E-state index is 0.0659. The van der Waals surface area contributed by atoms with Gasteiger partial charge in [0.25, 0.3) is 5.89 Å². The van der Waals surface area contributed by atoms with Crippen molar-refractivity contribution in [3.63, 3.8) is 0 Å². The summed E-state index contributed by atoms with van der Waals surface area (Å²) in [6.45, 7) is 4.01. The van der Waals surface area contributed by atoms with E-state index < -0.39 is 0 Å². The third kappa shape index (κ3) is 4.76. The smallest absolute Gasteiger partial charge is 0.263 e. The summed E-state index contributed by atoms with van der Waals surface area (Å²) in [6.07, 6.45) is 1.54. The number of nitrogens with one attached hydrogen (secondary N) is 1. The number of pyridine rings is 2. The minimum Gasteiger partial charge on any atom is -0.350 e. The monoisotopic (exact) mass is 499 g/mol. The number of carbonyl (C=O) groups is 1. The first kappa shape index (κ1) is 23.4. The molecular weight excluding hydrogens is 478 g/mol. The van der Waals surface area contributed by atoms with Gasteiger partial charge in [0, 0.05) is 29.0 Å². The molecule has 8 nitrogen and oxygen atoms in total. The van der Waals surface area contributed by atoms with Crippen LogP contribution in [-0.4, -0.2) is 25.6 Å². The number of nitrogens with zero attached hydrogens (tertiary/aromatic N) is 4. The van der Waals surface area contributed by atoms with Crippen molar-refractivity contribution in [2.75, 3.05) is 0 Å². The lowest BCUT2D eigenvalue weighted by Gasteiger charge is -2.13. The second-order valence-corrected chi connectivity index (χ2v) is 8.89. The van der Waals surface area contributed by atoms with Crippen LogP contribution >= 0.6 is 11.6 Å². The molecule has 1 N–H and O–H groups in total. The molecule has 3 heterocycles. The summed E-state index contributed by atoms with van der Waals surface area (Å²) in [5.74, 6) is 0.184. The zero-order chi connectivity index (χ0) is 25.2. The van der Waals surface area contributed by atoms with Crippen LogP contribution in [0, 0.1) is 13.8 Å². The van der Waals surface area contributed by atoms with Crippen molar-refractivity contribution in [1.29, 1.82) is 0 Å². The standard InChI is InChI=1S/C27H22ClN5O3/c1-16-6-5-8-18(12-16)25-31-27(36-32-25)21-14-33(26-20(24(21)35)11-10-17(2)30-26)15-23(34)29-13-19-7-3-4-9-22(19)28/h3-12,14H,13,15H2,1-2H3,(H,29,34). The molecule has 9 heteroatoms. The van der Waals surface area contributed by atoms with Crippen molar-refractivity contribution >= 4 is 28.5 Å². The van der Waals surface area contributed by atoms with Gasteiger partial charge >= 0.3 is 0 Å². The van der Waals surface area contributed by atoms with Gasteiger partial charge in [0.2, 0.25) is 17.2 Å². The molecule has 0 radical (unpaired) electrons. The van der Waals surface area contributed by atoms with E-state index >= 15 is 0 Å². The summed E-state index contributed by atoms with van der Waals surface area (Å²) in [6, 6.07) is 18.4. The maximum absolute atomic E-state index is 13.3. The summed E-state index contributed by atoms with van der Waals surface area (Å²) < 4.78 is 7.09. The third-order valence-electron chi connectivity index (χ3n) is 5.74. The first-order valence-corrected chi connectivity index (χ1v) is 11.7. The molecular formula is C27H22ClN5O3. The van der Waals surface area contributed by atoms with Gasteiger partial charge in [-0.15, -0.1) is 0 Å². The molecule has 0 bridgehead atoms. The predicted molar refractivity (Wildman–Crippen MR) is 138 cm³/mol. The Morgan fingerprint density at radius 2 is 1.89 bits per heavy atom. The Labute approximate surface area is 211 Å². The molecule has 0 aliphatic rings. The van der Waals surface area contributed by atoms with Crippen molar-refractivity contribution < 1.29 is 9.32 Å². The van der Waals surface area contributed by atoms with E-state index in [1.165, 1.54) is 0 Å². The maximum atomic E-state index is 13.3. The van der Waals surface area contributed by atoms with Crippen LogP contribution in [0.2, 0.25) is 5.02 Å². The Morgan fingerprint density at radius 1 is 1.06 bits per heavy atom. The number of carbonyl (C=O) groups excluding carboxylic acids is 1. The number of halogens is 1. The molecule has 3 aromatic heterocycles. The fourth-order valence-electron chi connectivity index (χ4n) is 3.91. The molecule has 0 saturated carbocycles. The normalized spacial score (nSPS) is 11.1. The van der Waals surface area contributed by atoms with Gasteiger partial charge in [0.15, 0.2) is 0 Å². The average Bonchev–Trinajstić information content (AvgIpc) is 3.35. The highest BCUT2D eigenvalue weighted by atomic mass is 35.5. The lowest BCUT2D eigenvalue weighted by molar-refractivity contribution is -0.121. The Kier molecular flexibility index (Phi) is 6.35. The zero-order valence-electron chi connectivity index (χ0n) is 19.7. The number of aromatic nitrogens is 4. The Morgan fingerprint density at radius 3 is 2.69 bits per heavy atom. The van der Waals surface area contributed by atoms with Crippen LogP contribution < -0.4 is 10.7 Å². The number of hydrogen-bond acceptors (Lipinski definition) is 6. The lowest BCUT2D eigenvalue weighted by Crippen LogP contribution is -2.28. The third-order valence-corrected chi connectivity index (χ3v) is 6.11. The molecule has 0 saturated heterocycles. The molecule has 5 aromatic rings. The fraction of sp³-hybridized carbons (Fsp3) is 0.148.